The molecule has 0 aliphatic carbocycles. The van der Waals surface area contributed by atoms with Crippen LogP contribution in [0.4, 0.5) is 5.13 Å². The van der Waals surface area contributed by atoms with Gasteiger partial charge in [0.25, 0.3) is 0 Å². The molecule has 9 heteroatoms. The molecule has 118 valence electrons. The number of halogens is 1. The van der Waals surface area contributed by atoms with E-state index in [0.29, 0.717) is 10.0 Å². The van der Waals surface area contributed by atoms with Crippen LogP contribution in [0.1, 0.15) is 34.7 Å². The average molecular weight is 342 g/mol. The predicted molar refractivity (Wildman–Crippen MR) is 83.6 cm³/mol. The number of nitrogens with one attached hydrogen (secondary N) is 1. The largest absolute Gasteiger partial charge is 0.465 e. The first-order valence-corrected chi connectivity index (χ1v) is 8.24. The molecule has 1 atom stereocenters. The number of carbonyl (C=O) groups excluding carboxylic acids is 1. The number of esters is 1. The van der Waals surface area contributed by atoms with Gasteiger partial charge >= 0.3 is 5.97 Å². The molecule has 3 rings (SSSR count). The number of aryl methyl sites for hydroxylation is 2. The van der Waals surface area contributed by atoms with Crippen LogP contribution in [0.15, 0.2) is 0 Å². The minimum atomic E-state index is -0.467. The fourth-order valence-corrected chi connectivity index (χ4v) is 3.56. The van der Waals surface area contributed by atoms with Crippen molar-refractivity contribution in [1.82, 2.24) is 19.7 Å². The van der Waals surface area contributed by atoms with Crippen molar-refractivity contribution in [2.45, 2.75) is 38.8 Å². The zero-order valence-electron chi connectivity index (χ0n) is 12.3. The van der Waals surface area contributed by atoms with E-state index in [1.165, 1.54) is 18.4 Å². The number of aromatic nitrogens is 4. The molecule has 0 fully saturated rings. The lowest BCUT2D eigenvalue weighted by Gasteiger charge is -2.23. The van der Waals surface area contributed by atoms with Crippen molar-refractivity contribution in [1.29, 1.82) is 0 Å². The fraction of sp³-hybridized carbons (Fsp3) is 0.538. The Morgan fingerprint density at radius 3 is 3.09 bits per heavy atom. The zero-order chi connectivity index (χ0) is 15.7. The van der Waals surface area contributed by atoms with Gasteiger partial charge in [-0.05, 0) is 6.42 Å². The molecule has 1 aliphatic heterocycles. The van der Waals surface area contributed by atoms with Gasteiger partial charge in [-0.25, -0.2) is 19.4 Å². The molecule has 0 spiro atoms. The Morgan fingerprint density at radius 1 is 1.55 bits per heavy atom. The maximum absolute atomic E-state index is 11.6. The third-order valence-electron chi connectivity index (χ3n) is 3.50. The second kappa shape index (κ2) is 6.21. The minimum absolute atomic E-state index is 0.171. The highest BCUT2D eigenvalue weighted by Crippen LogP contribution is 2.29. The van der Waals surface area contributed by atoms with Crippen molar-refractivity contribution in [3.05, 3.63) is 21.7 Å². The lowest BCUT2D eigenvalue weighted by molar-refractivity contribution is 0.0606. The number of rotatable bonds is 4. The third kappa shape index (κ3) is 2.93. The number of carbonyl (C=O) groups is 1. The van der Waals surface area contributed by atoms with Gasteiger partial charge in [0, 0.05) is 18.9 Å². The molecular weight excluding hydrogens is 326 g/mol. The van der Waals surface area contributed by atoms with E-state index in [1.807, 2.05) is 11.6 Å². The van der Waals surface area contributed by atoms with Gasteiger partial charge in [-0.3, -0.25) is 0 Å². The summed E-state index contributed by atoms with van der Waals surface area (Å²) in [5, 5.41) is 8.58. The van der Waals surface area contributed by atoms with E-state index in [2.05, 4.69) is 25.1 Å². The van der Waals surface area contributed by atoms with Gasteiger partial charge in [0.05, 0.1) is 13.7 Å². The molecule has 1 unspecified atom stereocenters. The van der Waals surface area contributed by atoms with Crippen LogP contribution in [0, 0.1) is 0 Å². The molecule has 0 saturated carbocycles. The molecule has 1 N–H and O–H groups in total. The Hall–Kier alpha value is -1.67. The molecule has 0 bridgehead atoms. The van der Waals surface area contributed by atoms with E-state index in [-0.39, 0.29) is 11.2 Å². The van der Waals surface area contributed by atoms with Crippen molar-refractivity contribution in [3.8, 4) is 0 Å². The van der Waals surface area contributed by atoms with Gasteiger partial charge in [-0.15, -0.1) is 0 Å². The molecule has 2 aromatic heterocycles. The first-order valence-electron chi connectivity index (χ1n) is 7.04. The van der Waals surface area contributed by atoms with E-state index in [4.69, 9.17) is 11.6 Å². The topological polar surface area (TPSA) is 81.9 Å². The summed E-state index contributed by atoms with van der Waals surface area (Å²) in [5.41, 5.74) is 0. The number of nitrogens with zero attached hydrogens (tertiary/aromatic N) is 4. The molecule has 0 radical (unpaired) electrons. The number of hydrogen-bond acceptors (Lipinski definition) is 7. The number of ether oxygens (including phenoxy) is 1. The number of fused-ring (bicyclic) bond motifs is 1. The van der Waals surface area contributed by atoms with Crippen LogP contribution in [0.2, 0.25) is 5.15 Å². The van der Waals surface area contributed by atoms with E-state index in [9.17, 15) is 4.79 Å². The third-order valence-corrected chi connectivity index (χ3v) is 4.85. The van der Waals surface area contributed by atoms with Crippen LogP contribution in [0.3, 0.4) is 0 Å². The summed E-state index contributed by atoms with van der Waals surface area (Å²) in [4.78, 5) is 20.5. The number of hydrogen-bond donors (Lipinski definition) is 1. The van der Waals surface area contributed by atoms with Crippen molar-refractivity contribution in [2.75, 3.05) is 12.4 Å². The van der Waals surface area contributed by atoms with Gasteiger partial charge in [0.15, 0.2) is 21.0 Å². The summed E-state index contributed by atoms with van der Waals surface area (Å²) in [7, 11) is 1.32. The Labute approximate surface area is 136 Å². The van der Waals surface area contributed by atoms with Crippen molar-refractivity contribution in [3.63, 3.8) is 0 Å². The van der Waals surface area contributed by atoms with Gasteiger partial charge < -0.3 is 10.1 Å². The standard InChI is InChI=1S/C13H16ClN5O2S/c1-3-8-16-9-5-4-7(6-19(9)18-8)15-13-17-11(14)10(22-13)12(20)21-2/h7H,3-6H2,1-2H3,(H,15,17). The maximum Gasteiger partial charge on any atom is 0.351 e. The van der Waals surface area contributed by atoms with Gasteiger partial charge in [-0.2, -0.15) is 5.10 Å². The molecular formula is C13H16ClN5O2S. The van der Waals surface area contributed by atoms with Crippen molar-refractivity contribution < 1.29 is 9.53 Å². The fourth-order valence-electron chi connectivity index (χ4n) is 2.38. The summed E-state index contributed by atoms with van der Waals surface area (Å²) >= 11 is 7.17. The quantitative estimate of drug-likeness (QED) is 0.858. The molecule has 3 heterocycles. The number of anilines is 1. The maximum atomic E-state index is 11.6. The highest BCUT2D eigenvalue weighted by atomic mass is 35.5. The normalized spacial score (nSPS) is 17.1. The smallest absolute Gasteiger partial charge is 0.351 e. The van der Waals surface area contributed by atoms with E-state index in [1.54, 1.807) is 0 Å². The Kier molecular flexibility index (Phi) is 4.30. The highest BCUT2D eigenvalue weighted by molar-refractivity contribution is 7.18. The second-order valence-electron chi connectivity index (χ2n) is 4.99. The van der Waals surface area contributed by atoms with Crippen LogP contribution < -0.4 is 5.32 Å². The molecule has 0 aromatic carbocycles. The van der Waals surface area contributed by atoms with Gasteiger partial charge in [0.2, 0.25) is 0 Å². The van der Waals surface area contributed by atoms with Crippen molar-refractivity contribution >= 4 is 34.0 Å². The van der Waals surface area contributed by atoms with E-state index >= 15 is 0 Å². The molecule has 22 heavy (non-hydrogen) atoms. The second-order valence-corrected chi connectivity index (χ2v) is 6.35. The highest BCUT2D eigenvalue weighted by Gasteiger charge is 2.24. The van der Waals surface area contributed by atoms with Crippen molar-refractivity contribution in [2.24, 2.45) is 0 Å². The average Bonchev–Trinajstić information content (AvgIpc) is 3.09. The first kappa shape index (κ1) is 15.2. The van der Waals surface area contributed by atoms with Crippen LogP contribution >= 0.6 is 22.9 Å². The Balaban J connectivity index is 1.71. The van der Waals surface area contributed by atoms with E-state index < -0.39 is 5.97 Å². The summed E-state index contributed by atoms with van der Waals surface area (Å²) in [6.45, 7) is 2.77. The molecule has 1 aliphatic rings. The van der Waals surface area contributed by atoms with Crippen LogP contribution in [-0.2, 0) is 24.1 Å². The summed E-state index contributed by atoms with van der Waals surface area (Å²) in [5.74, 6) is 1.44. The van der Waals surface area contributed by atoms with Crippen LogP contribution in [0.25, 0.3) is 0 Å². The lowest BCUT2D eigenvalue weighted by Crippen LogP contribution is -2.31. The SMILES string of the molecule is CCc1nc2n(n1)CC(Nc1nc(Cl)c(C(=O)OC)s1)CC2. The first-order chi connectivity index (χ1) is 10.6. The predicted octanol–water partition coefficient (Wildman–Crippen LogP) is 2.16. The Morgan fingerprint density at radius 2 is 2.36 bits per heavy atom. The molecule has 0 amide bonds. The molecule has 7 nitrogen and oxygen atoms in total. The number of thiazole rings is 1. The van der Waals surface area contributed by atoms with Gasteiger partial charge in [-0.1, -0.05) is 29.9 Å². The van der Waals surface area contributed by atoms with Crippen LogP contribution in [0.5, 0.6) is 0 Å². The Bertz CT molecular complexity index is 699. The summed E-state index contributed by atoms with van der Waals surface area (Å²) < 4.78 is 6.62. The number of methoxy groups -OCH3 is 1. The summed E-state index contributed by atoms with van der Waals surface area (Å²) in [6.07, 6.45) is 2.64. The lowest BCUT2D eigenvalue weighted by atomic mass is 10.1. The zero-order valence-corrected chi connectivity index (χ0v) is 13.9. The van der Waals surface area contributed by atoms with E-state index in [0.717, 1.165) is 37.5 Å². The van der Waals surface area contributed by atoms with Crippen LogP contribution in [-0.4, -0.2) is 38.9 Å². The summed E-state index contributed by atoms with van der Waals surface area (Å²) in [6, 6.07) is 0.187. The van der Waals surface area contributed by atoms with Gasteiger partial charge in [0.1, 0.15) is 5.82 Å². The molecule has 2 aromatic rings. The minimum Gasteiger partial charge on any atom is -0.465 e. The molecule has 0 saturated heterocycles. The monoisotopic (exact) mass is 341 g/mol.